The van der Waals surface area contributed by atoms with Gasteiger partial charge >= 0.3 is 5.97 Å². The van der Waals surface area contributed by atoms with Gasteiger partial charge in [0.05, 0.1) is 23.6 Å². The first-order chi connectivity index (χ1) is 8.72. The zero-order valence-electron chi connectivity index (χ0n) is 10.5. The predicted molar refractivity (Wildman–Crippen MR) is 68.1 cm³/mol. The molecule has 1 unspecified atom stereocenters. The van der Waals surface area contributed by atoms with Crippen molar-refractivity contribution in [1.82, 2.24) is 4.98 Å². The van der Waals surface area contributed by atoms with Crippen LogP contribution in [0.4, 0.5) is 5.69 Å². The molecule has 1 atom stereocenters. The maximum Gasteiger partial charge on any atom is 0.337 e. The third-order valence-electron chi connectivity index (χ3n) is 3.15. The van der Waals surface area contributed by atoms with Crippen molar-refractivity contribution >= 4 is 11.7 Å². The summed E-state index contributed by atoms with van der Waals surface area (Å²) in [6, 6.07) is 1.54. The van der Waals surface area contributed by atoms with E-state index in [1.54, 1.807) is 12.3 Å². The van der Waals surface area contributed by atoms with E-state index in [1.807, 2.05) is 6.92 Å². The molecule has 1 fully saturated rings. The van der Waals surface area contributed by atoms with Crippen LogP contribution in [0.1, 0.15) is 30.1 Å². The van der Waals surface area contributed by atoms with Gasteiger partial charge in [0.15, 0.2) is 0 Å². The minimum Gasteiger partial charge on any atom is -0.478 e. The van der Waals surface area contributed by atoms with Crippen LogP contribution in [-0.2, 0) is 4.74 Å². The number of nitrogens with zero attached hydrogens (tertiary/aromatic N) is 2. The maximum absolute atomic E-state index is 11.2. The normalized spacial score (nSPS) is 19.8. The topological polar surface area (TPSA) is 62.7 Å². The molecule has 0 aliphatic carbocycles. The molecule has 1 aromatic rings. The Labute approximate surface area is 106 Å². The first-order valence-electron chi connectivity index (χ1n) is 6.26. The van der Waals surface area contributed by atoms with Crippen molar-refractivity contribution in [3.8, 4) is 0 Å². The number of carboxylic acid groups (broad SMARTS) is 1. The van der Waals surface area contributed by atoms with Crippen LogP contribution in [0.15, 0.2) is 18.5 Å². The summed E-state index contributed by atoms with van der Waals surface area (Å²) >= 11 is 0. The lowest BCUT2D eigenvalue weighted by Gasteiger charge is -2.34. The van der Waals surface area contributed by atoms with Crippen LogP contribution in [0.3, 0.4) is 0 Å². The van der Waals surface area contributed by atoms with Crippen LogP contribution in [0.25, 0.3) is 0 Å². The van der Waals surface area contributed by atoms with Crippen LogP contribution in [0, 0.1) is 0 Å². The lowest BCUT2D eigenvalue weighted by molar-refractivity contribution is 0.0524. The Morgan fingerprint density at radius 3 is 3.22 bits per heavy atom. The summed E-state index contributed by atoms with van der Waals surface area (Å²) < 4.78 is 5.63. The second-order valence-electron chi connectivity index (χ2n) is 4.36. The molecule has 1 saturated heterocycles. The van der Waals surface area contributed by atoms with Crippen LogP contribution >= 0.6 is 0 Å². The number of rotatable bonds is 4. The number of ether oxygens (including phenoxy) is 1. The van der Waals surface area contributed by atoms with Gasteiger partial charge < -0.3 is 14.7 Å². The zero-order valence-corrected chi connectivity index (χ0v) is 10.5. The Morgan fingerprint density at radius 1 is 1.67 bits per heavy atom. The number of hydrogen-bond acceptors (Lipinski definition) is 4. The molecule has 0 radical (unpaired) electrons. The minimum absolute atomic E-state index is 0.186. The van der Waals surface area contributed by atoms with Gasteiger partial charge in [0.1, 0.15) is 0 Å². The molecule has 0 aromatic carbocycles. The highest BCUT2D eigenvalue weighted by atomic mass is 16.5. The highest BCUT2D eigenvalue weighted by Crippen LogP contribution is 2.24. The predicted octanol–water partition coefficient (Wildman–Crippen LogP) is 1.79. The standard InChI is InChI=1S/C13H18N2O3/c1-2-18-10-4-3-7-15(9-10)12-8-14-6-5-11(12)13(16)17/h5-6,8,10H,2-4,7,9H2,1H3,(H,16,17). The summed E-state index contributed by atoms with van der Waals surface area (Å²) in [7, 11) is 0. The second-order valence-corrected chi connectivity index (χ2v) is 4.36. The van der Waals surface area contributed by atoms with Crippen molar-refractivity contribution in [3.05, 3.63) is 24.0 Å². The van der Waals surface area contributed by atoms with Crippen molar-refractivity contribution < 1.29 is 14.6 Å². The van der Waals surface area contributed by atoms with Crippen LogP contribution in [0.5, 0.6) is 0 Å². The largest absolute Gasteiger partial charge is 0.478 e. The molecule has 98 valence electrons. The fraction of sp³-hybridized carbons (Fsp3) is 0.538. The Morgan fingerprint density at radius 2 is 2.50 bits per heavy atom. The van der Waals surface area contributed by atoms with E-state index in [0.29, 0.717) is 17.9 Å². The number of carboxylic acids is 1. The van der Waals surface area contributed by atoms with Gasteiger partial charge in [0.25, 0.3) is 0 Å². The molecule has 2 heterocycles. The molecule has 1 aromatic heterocycles. The third-order valence-corrected chi connectivity index (χ3v) is 3.15. The van der Waals surface area contributed by atoms with Gasteiger partial charge in [-0.1, -0.05) is 0 Å². The van der Waals surface area contributed by atoms with Crippen molar-refractivity contribution in [1.29, 1.82) is 0 Å². The fourth-order valence-corrected chi connectivity index (χ4v) is 2.35. The van der Waals surface area contributed by atoms with E-state index in [4.69, 9.17) is 4.74 Å². The molecular formula is C13H18N2O3. The number of aromatic nitrogens is 1. The second kappa shape index (κ2) is 5.82. The average molecular weight is 250 g/mol. The molecule has 0 amide bonds. The highest BCUT2D eigenvalue weighted by Gasteiger charge is 2.23. The summed E-state index contributed by atoms with van der Waals surface area (Å²) in [5.41, 5.74) is 0.997. The van der Waals surface area contributed by atoms with E-state index in [1.165, 1.54) is 6.20 Å². The van der Waals surface area contributed by atoms with E-state index in [-0.39, 0.29) is 6.10 Å². The molecule has 0 bridgehead atoms. The lowest BCUT2D eigenvalue weighted by atomic mass is 10.1. The summed E-state index contributed by atoms with van der Waals surface area (Å²) in [5.74, 6) is -0.911. The first kappa shape index (κ1) is 12.8. The first-order valence-corrected chi connectivity index (χ1v) is 6.26. The van der Waals surface area contributed by atoms with Crippen molar-refractivity contribution in [2.24, 2.45) is 0 Å². The minimum atomic E-state index is -0.911. The number of carbonyl (C=O) groups is 1. The SMILES string of the molecule is CCOC1CCCN(c2cnccc2C(=O)O)C1. The van der Waals surface area contributed by atoms with Gasteiger partial charge in [-0.2, -0.15) is 0 Å². The Bertz CT molecular complexity index is 420. The van der Waals surface area contributed by atoms with Gasteiger partial charge in [0.2, 0.25) is 0 Å². The molecule has 1 aliphatic rings. The smallest absolute Gasteiger partial charge is 0.337 e. The number of hydrogen-bond donors (Lipinski definition) is 1. The summed E-state index contributed by atoms with van der Waals surface area (Å²) in [6.07, 6.45) is 5.37. The van der Waals surface area contributed by atoms with E-state index < -0.39 is 5.97 Å². The van der Waals surface area contributed by atoms with E-state index in [0.717, 1.165) is 25.9 Å². The zero-order chi connectivity index (χ0) is 13.0. The maximum atomic E-state index is 11.2. The Balaban J connectivity index is 2.18. The van der Waals surface area contributed by atoms with Gasteiger partial charge in [-0.15, -0.1) is 0 Å². The van der Waals surface area contributed by atoms with Gasteiger partial charge in [-0.25, -0.2) is 4.79 Å². The van der Waals surface area contributed by atoms with Crippen LogP contribution < -0.4 is 4.90 Å². The third kappa shape index (κ3) is 2.79. The number of anilines is 1. The van der Waals surface area contributed by atoms with E-state index in [9.17, 15) is 9.90 Å². The van der Waals surface area contributed by atoms with Gasteiger partial charge in [0, 0.05) is 25.9 Å². The number of pyridine rings is 1. The Hall–Kier alpha value is -1.62. The molecule has 18 heavy (non-hydrogen) atoms. The van der Waals surface area contributed by atoms with Crippen LogP contribution in [0.2, 0.25) is 0 Å². The monoisotopic (exact) mass is 250 g/mol. The van der Waals surface area contributed by atoms with Crippen molar-refractivity contribution in [2.75, 3.05) is 24.6 Å². The van der Waals surface area contributed by atoms with Crippen molar-refractivity contribution in [2.45, 2.75) is 25.9 Å². The van der Waals surface area contributed by atoms with Crippen LogP contribution in [-0.4, -0.2) is 41.9 Å². The molecule has 5 heteroatoms. The summed E-state index contributed by atoms with van der Waals surface area (Å²) in [6.45, 7) is 4.26. The number of aromatic carboxylic acids is 1. The van der Waals surface area contributed by atoms with Gasteiger partial charge in [-0.3, -0.25) is 4.98 Å². The van der Waals surface area contributed by atoms with Crippen molar-refractivity contribution in [3.63, 3.8) is 0 Å². The molecule has 0 saturated carbocycles. The quantitative estimate of drug-likeness (QED) is 0.882. The molecule has 1 aliphatic heterocycles. The van der Waals surface area contributed by atoms with E-state index in [2.05, 4.69) is 9.88 Å². The fourth-order valence-electron chi connectivity index (χ4n) is 2.35. The van der Waals surface area contributed by atoms with Gasteiger partial charge in [-0.05, 0) is 25.8 Å². The average Bonchev–Trinajstić information content (AvgIpc) is 2.39. The summed E-state index contributed by atoms with van der Waals surface area (Å²) in [5, 5.41) is 9.18. The highest BCUT2D eigenvalue weighted by molar-refractivity contribution is 5.94. The molecule has 2 rings (SSSR count). The summed E-state index contributed by atoms with van der Waals surface area (Å²) in [4.78, 5) is 17.3. The molecular weight excluding hydrogens is 232 g/mol. The van der Waals surface area contributed by atoms with E-state index >= 15 is 0 Å². The number of piperidine rings is 1. The molecule has 5 nitrogen and oxygen atoms in total. The Kier molecular flexibility index (Phi) is 4.15. The lowest BCUT2D eigenvalue weighted by Crippen LogP contribution is -2.40. The molecule has 0 spiro atoms. The molecule has 1 N–H and O–H groups in total.